The van der Waals surface area contributed by atoms with Gasteiger partial charge >= 0.3 is 0 Å². The van der Waals surface area contributed by atoms with E-state index in [1.54, 1.807) is 10.5 Å². The Balaban J connectivity index is 1.96. The molecule has 2 aromatic rings. The number of piperidine rings is 1. The molecule has 1 fully saturated rings. The van der Waals surface area contributed by atoms with Crippen molar-refractivity contribution < 1.29 is 9.50 Å². The molecule has 1 saturated heterocycles. The quantitative estimate of drug-likeness (QED) is 0.866. The van der Waals surface area contributed by atoms with Crippen molar-refractivity contribution in [1.82, 2.24) is 14.6 Å². The average Bonchev–Trinajstić information content (AvgIpc) is 2.81. The van der Waals surface area contributed by atoms with E-state index in [1.165, 1.54) is 12.3 Å². The summed E-state index contributed by atoms with van der Waals surface area (Å²) in [6.45, 7) is 1.79. The number of aliphatic hydroxyl groups excluding tert-OH is 1. The molecule has 1 atom stereocenters. The van der Waals surface area contributed by atoms with Crippen molar-refractivity contribution in [3.05, 3.63) is 24.1 Å². The summed E-state index contributed by atoms with van der Waals surface area (Å²) in [7, 11) is 0. The summed E-state index contributed by atoms with van der Waals surface area (Å²) in [5, 5.41) is 17.4. The molecule has 0 saturated carbocycles. The number of aromatic nitrogens is 3. The van der Waals surface area contributed by atoms with Crippen LogP contribution in [0.3, 0.4) is 0 Å². The zero-order valence-electron chi connectivity index (χ0n) is 9.96. The van der Waals surface area contributed by atoms with Crippen LogP contribution in [0.2, 0.25) is 0 Å². The highest BCUT2D eigenvalue weighted by Gasteiger charge is 2.22. The normalized spacial score (nSPS) is 20.6. The molecular weight excluding hydrogens is 235 g/mol. The van der Waals surface area contributed by atoms with Gasteiger partial charge < -0.3 is 10.0 Å². The van der Waals surface area contributed by atoms with Gasteiger partial charge in [-0.05, 0) is 30.9 Å². The minimum absolute atomic E-state index is 0.182. The van der Waals surface area contributed by atoms with Gasteiger partial charge in [0.2, 0.25) is 5.95 Å². The fraction of sp³-hybridized carbons (Fsp3) is 0.500. The molecule has 0 bridgehead atoms. The van der Waals surface area contributed by atoms with E-state index in [-0.39, 0.29) is 18.3 Å². The molecule has 6 heteroatoms. The summed E-state index contributed by atoms with van der Waals surface area (Å²) in [6.07, 6.45) is 3.43. The van der Waals surface area contributed by atoms with Crippen LogP contribution < -0.4 is 4.90 Å². The zero-order chi connectivity index (χ0) is 12.5. The van der Waals surface area contributed by atoms with Crippen LogP contribution in [0, 0.1) is 11.7 Å². The van der Waals surface area contributed by atoms with Gasteiger partial charge in [-0.25, -0.2) is 4.39 Å². The topological polar surface area (TPSA) is 53.7 Å². The Morgan fingerprint density at radius 2 is 2.28 bits per heavy atom. The Morgan fingerprint density at radius 3 is 3.11 bits per heavy atom. The van der Waals surface area contributed by atoms with Crippen LogP contribution >= 0.6 is 0 Å². The maximum Gasteiger partial charge on any atom is 0.231 e. The van der Waals surface area contributed by atoms with Gasteiger partial charge in [-0.1, -0.05) is 0 Å². The van der Waals surface area contributed by atoms with Gasteiger partial charge in [0.05, 0.1) is 0 Å². The lowest BCUT2D eigenvalue weighted by molar-refractivity contribution is 0.208. The van der Waals surface area contributed by atoms with Gasteiger partial charge in [-0.2, -0.15) is 0 Å². The predicted molar refractivity (Wildman–Crippen MR) is 65.0 cm³/mol. The number of aliphatic hydroxyl groups is 1. The van der Waals surface area contributed by atoms with E-state index in [1.807, 2.05) is 0 Å². The van der Waals surface area contributed by atoms with E-state index in [9.17, 15) is 9.50 Å². The van der Waals surface area contributed by atoms with Crippen LogP contribution in [0.25, 0.3) is 5.65 Å². The lowest BCUT2D eigenvalue weighted by Crippen LogP contribution is -2.37. The molecule has 96 valence electrons. The zero-order valence-corrected chi connectivity index (χ0v) is 9.96. The Labute approximate surface area is 104 Å². The van der Waals surface area contributed by atoms with Crippen molar-refractivity contribution in [2.24, 2.45) is 5.92 Å². The molecule has 0 amide bonds. The number of halogens is 1. The third-order valence-electron chi connectivity index (χ3n) is 3.41. The Morgan fingerprint density at radius 1 is 1.39 bits per heavy atom. The molecule has 2 aromatic heterocycles. The second-order valence-corrected chi connectivity index (χ2v) is 4.71. The van der Waals surface area contributed by atoms with E-state index in [4.69, 9.17) is 0 Å². The van der Waals surface area contributed by atoms with Crippen LogP contribution in [-0.4, -0.2) is 39.4 Å². The summed E-state index contributed by atoms with van der Waals surface area (Å²) in [5.74, 6) is 0.613. The first-order valence-corrected chi connectivity index (χ1v) is 6.14. The number of pyridine rings is 1. The Kier molecular flexibility index (Phi) is 2.87. The van der Waals surface area contributed by atoms with E-state index in [0.29, 0.717) is 11.6 Å². The van der Waals surface area contributed by atoms with Gasteiger partial charge in [-0.3, -0.25) is 4.40 Å². The highest BCUT2D eigenvalue weighted by Crippen LogP contribution is 2.22. The average molecular weight is 250 g/mol. The minimum atomic E-state index is -0.306. The number of hydrogen-bond acceptors (Lipinski definition) is 4. The van der Waals surface area contributed by atoms with Crippen molar-refractivity contribution in [3.63, 3.8) is 0 Å². The maximum absolute atomic E-state index is 13.3. The SMILES string of the molecule is OCC1CCCN(c2nnc3ccc(F)cn23)C1. The lowest BCUT2D eigenvalue weighted by Gasteiger charge is -2.31. The number of nitrogens with zero attached hydrogens (tertiary/aromatic N) is 4. The highest BCUT2D eigenvalue weighted by molar-refractivity contribution is 5.46. The summed E-state index contributed by atoms with van der Waals surface area (Å²) in [6, 6.07) is 2.99. The van der Waals surface area contributed by atoms with Crippen molar-refractivity contribution in [2.45, 2.75) is 12.8 Å². The molecular formula is C12H15FN4O. The fourth-order valence-corrected chi connectivity index (χ4v) is 2.46. The molecule has 1 aliphatic rings. The van der Waals surface area contributed by atoms with E-state index in [0.717, 1.165) is 25.9 Å². The van der Waals surface area contributed by atoms with Crippen molar-refractivity contribution in [1.29, 1.82) is 0 Å². The van der Waals surface area contributed by atoms with Gasteiger partial charge in [0.15, 0.2) is 5.65 Å². The van der Waals surface area contributed by atoms with Crippen molar-refractivity contribution in [3.8, 4) is 0 Å². The minimum Gasteiger partial charge on any atom is -0.396 e. The van der Waals surface area contributed by atoms with Gasteiger partial charge in [0.1, 0.15) is 5.82 Å². The number of anilines is 1. The van der Waals surface area contributed by atoms with Crippen LogP contribution in [0.4, 0.5) is 10.3 Å². The van der Waals surface area contributed by atoms with Gasteiger partial charge in [0, 0.05) is 25.9 Å². The fourth-order valence-electron chi connectivity index (χ4n) is 2.46. The Bertz CT molecular complexity index is 556. The maximum atomic E-state index is 13.3. The lowest BCUT2D eigenvalue weighted by atomic mass is 9.99. The predicted octanol–water partition coefficient (Wildman–Crippen LogP) is 1.08. The van der Waals surface area contributed by atoms with Crippen LogP contribution in [-0.2, 0) is 0 Å². The number of rotatable bonds is 2. The Hall–Kier alpha value is -1.69. The second kappa shape index (κ2) is 4.53. The molecule has 0 aliphatic carbocycles. The summed E-state index contributed by atoms with van der Waals surface area (Å²) in [5.41, 5.74) is 0.637. The van der Waals surface area contributed by atoms with E-state index >= 15 is 0 Å². The van der Waals surface area contributed by atoms with Gasteiger partial charge in [-0.15, -0.1) is 10.2 Å². The van der Waals surface area contributed by atoms with Crippen molar-refractivity contribution >= 4 is 11.6 Å². The van der Waals surface area contributed by atoms with Crippen LogP contribution in [0.1, 0.15) is 12.8 Å². The second-order valence-electron chi connectivity index (χ2n) is 4.71. The van der Waals surface area contributed by atoms with Gasteiger partial charge in [0.25, 0.3) is 0 Å². The molecule has 0 spiro atoms. The van der Waals surface area contributed by atoms with Crippen LogP contribution in [0.5, 0.6) is 0 Å². The molecule has 1 unspecified atom stereocenters. The first-order chi connectivity index (χ1) is 8.78. The summed E-state index contributed by atoms with van der Waals surface area (Å²) in [4.78, 5) is 2.06. The first kappa shape index (κ1) is 11.4. The standard InChI is InChI=1S/C12H15FN4O/c13-10-3-4-11-14-15-12(17(11)7-10)16-5-1-2-9(6-16)8-18/h3-4,7,9,18H,1-2,5-6,8H2. The first-order valence-electron chi connectivity index (χ1n) is 6.14. The molecule has 1 aliphatic heterocycles. The molecule has 18 heavy (non-hydrogen) atoms. The van der Waals surface area contributed by atoms with Crippen molar-refractivity contribution in [2.75, 3.05) is 24.6 Å². The molecule has 0 radical (unpaired) electrons. The monoisotopic (exact) mass is 250 g/mol. The smallest absolute Gasteiger partial charge is 0.231 e. The third kappa shape index (κ3) is 1.92. The molecule has 5 nitrogen and oxygen atoms in total. The number of hydrogen-bond donors (Lipinski definition) is 1. The largest absolute Gasteiger partial charge is 0.396 e. The van der Waals surface area contributed by atoms with Crippen LogP contribution in [0.15, 0.2) is 18.3 Å². The van der Waals surface area contributed by atoms with E-state index in [2.05, 4.69) is 15.1 Å². The molecule has 1 N–H and O–H groups in total. The summed E-state index contributed by atoms with van der Waals surface area (Å²) >= 11 is 0. The summed E-state index contributed by atoms with van der Waals surface area (Å²) < 4.78 is 14.9. The molecule has 0 aromatic carbocycles. The highest BCUT2D eigenvalue weighted by atomic mass is 19.1. The van der Waals surface area contributed by atoms with E-state index < -0.39 is 0 Å². The number of fused-ring (bicyclic) bond motifs is 1. The molecule has 3 heterocycles. The third-order valence-corrected chi connectivity index (χ3v) is 3.41. The molecule has 3 rings (SSSR count).